The second-order valence-corrected chi connectivity index (χ2v) is 5.99. The molecule has 3 rings (SSSR count). The Morgan fingerprint density at radius 2 is 2.25 bits per heavy atom. The highest BCUT2D eigenvalue weighted by atomic mass is 35.5. The standard InChI is InChI=1S/C14H11ClFN5O2S/c15-8-3-4-9(16)10(6-8)18-12(22)7-24-14-20-19-13(21(14)17)11-2-1-5-23-11/h1-6H,7,17H2,(H,18,22). The molecule has 0 aliphatic heterocycles. The van der Waals surface area contributed by atoms with Gasteiger partial charge in [0.05, 0.1) is 17.7 Å². The van der Waals surface area contributed by atoms with Gasteiger partial charge in [0.1, 0.15) is 5.82 Å². The second kappa shape index (κ2) is 6.93. The lowest BCUT2D eigenvalue weighted by Crippen LogP contribution is -2.17. The number of anilines is 1. The third kappa shape index (κ3) is 3.52. The van der Waals surface area contributed by atoms with Crippen molar-refractivity contribution >= 4 is 35.0 Å². The van der Waals surface area contributed by atoms with Crippen LogP contribution in [0.2, 0.25) is 5.02 Å². The summed E-state index contributed by atoms with van der Waals surface area (Å²) in [6.07, 6.45) is 1.49. The van der Waals surface area contributed by atoms with Crippen molar-refractivity contribution in [3.8, 4) is 11.6 Å². The minimum absolute atomic E-state index is 0.0126. The van der Waals surface area contributed by atoms with E-state index in [1.54, 1.807) is 12.1 Å². The quantitative estimate of drug-likeness (QED) is 0.531. The van der Waals surface area contributed by atoms with Crippen LogP contribution < -0.4 is 11.2 Å². The maximum absolute atomic E-state index is 13.6. The van der Waals surface area contributed by atoms with Gasteiger partial charge in [-0.3, -0.25) is 4.79 Å². The fraction of sp³-hybridized carbons (Fsp3) is 0.0714. The van der Waals surface area contributed by atoms with Gasteiger partial charge >= 0.3 is 0 Å². The minimum Gasteiger partial charge on any atom is -0.461 e. The summed E-state index contributed by atoms with van der Waals surface area (Å²) in [5.41, 5.74) is 0.0126. The van der Waals surface area contributed by atoms with Crippen molar-refractivity contribution in [1.82, 2.24) is 14.9 Å². The topological polar surface area (TPSA) is 99.0 Å². The van der Waals surface area contributed by atoms with Gasteiger partial charge in [0.2, 0.25) is 16.9 Å². The SMILES string of the molecule is Nn1c(SCC(=O)Nc2cc(Cl)ccc2F)nnc1-c1ccco1. The lowest BCUT2D eigenvalue weighted by atomic mass is 10.3. The van der Waals surface area contributed by atoms with Gasteiger partial charge < -0.3 is 15.6 Å². The molecule has 1 amide bonds. The number of hydrogen-bond acceptors (Lipinski definition) is 6. The van der Waals surface area contributed by atoms with E-state index in [1.165, 1.54) is 29.1 Å². The molecule has 0 bridgehead atoms. The Labute approximate surface area is 145 Å². The molecule has 0 aliphatic carbocycles. The lowest BCUT2D eigenvalue weighted by Gasteiger charge is -2.06. The van der Waals surface area contributed by atoms with Gasteiger partial charge in [0.25, 0.3) is 0 Å². The summed E-state index contributed by atoms with van der Waals surface area (Å²) < 4.78 is 20.0. The molecule has 0 atom stereocenters. The highest BCUT2D eigenvalue weighted by molar-refractivity contribution is 7.99. The number of carbonyl (C=O) groups excluding carboxylic acids is 1. The molecule has 7 nitrogen and oxygen atoms in total. The van der Waals surface area contributed by atoms with E-state index < -0.39 is 11.7 Å². The first-order valence-corrected chi connectivity index (χ1v) is 8.03. The molecule has 0 saturated carbocycles. The smallest absolute Gasteiger partial charge is 0.234 e. The number of nitrogen functional groups attached to an aromatic ring is 1. The van der Waals surface area contributed by atoms with Crippen molar-refractivity contribution < 1.29 is 13.6 Å². The second-order valence-electron chi connectivity index (χ2n) is 4.61. The number of rotatable bonds is 5. The number of hydrogen-bond donors (Lipinski definition) is 2. The van der Waals surface area contributed by atoms with Gasteiger partial charge in [-0.15, -0.1) is 10.2 Å². The molecule has 10 heteroatoms. The summed E-state index contributed by atoms with van der Waals surface area (Å²) in [4.78, 5) is 11.9. The van der Waals surface area contributed by atoms with Crippen molar-refractivity contribution in [3.63, 3.8) is 0 Å². The Kier molecular flexibility index (Phi) is 4.72. The summed E-state index contributed by atoms with van der Waals surface area (Å²) in [7, 11) is 0. The van der Waals surface area contributed by atoms with E-state index in [0.717, 1.165) is 11.8 Å². The molecule has 0 fully saturated rings. The van der Waals surface area contributed by atoms with Crippen LogP contribution in [0.3, 0.4) is 0 Å². The van der Waals surface area contributed by atoms with Crippen LogP contribution in [0, 0.1) is 5.82 Å². The zero-order chi connectivity index (χ0) is 17.1. The summed E-state index contributed by atoms with van der Waals surface area (Å²) >= 11 is 6.83. The van der Waals surface area contributed by atoms with Gasteiger partial charge in [-0.1, -0.05) is 23.4 Å². The molecule has 0 aliphatic rings. The maximum Gasteiger partial charge on any atom is 0.234 e. The Morgan fingerprint density at radius 3 is 3.00 bits per heavy atom. The zero-order valence-electron chi connectivity index (χ0n) is 12.1. The molecule has 0 saturated heterocycles. The molecule has 2 aromatic heterocycles. The predicted molar refractivity (Wildman–Crippen MR) is 88.6 cm³/mol. The first-order chi connectivity index (χ1) is 11.5. The third-order valence-corrected chi connectivity index (χ3v) is 4.12. The normalized spacial score (nSPS) is 10.8. The van der Waals surface area contributed by atoms with E-state index in [1.807, 2.05) is 0 Å². The van der Waals surface area contributed by atoms with Crippen LogP contribution in [0.15, 0.2) is 46.2 Å². The molecule has 0 radical (unpaired) electrons. The average molecular weight is 368 g/mol. The minimum atomic E-state index is -0.570. The first kappa shape index (κ1) is 16.3. The van der Waals surface area contributed by atoms with E-state index in [-0.39, 0.29) is 11.4 Å². The Hall–Kier alpha value is -2.52. The molecule has 3 N–H and O–H groups in total. The van der Waals surface area contributed by atoms with E-state index in [0.29, 0.717) is 21.8 Å². The van der Waals surface area contributed by atoms with Gasteiger partial charge in [-0.25, -0.2) is 9.07 Å². The number of benzene rings is 1. The van der Waals surface area contributed by atoms with Crippen molar-refractivity contribution in [2.24, 2.45) is 0 Å². The molecule has 124 valence electrons. The van der Waals surface area contributed by atoms with Crippen molar-refractivity contribution in [3.05, 3.63) is 47.4 Å². The fourth-order valence-electron chi connectivity index (χ4n) is 1.86. The molecular weight excluding hydrogens is 357 g/mol. The number of nitrogens with one attached hydrogen (secondary N) is 1. The van der Waals surface area contributed by atoms with Crippen LogP contribution in [0.4, 0.5) is 10.1 Å². The Bertz CT molecular complexity index is 868. The number of amides is 1. The molecule has 1 aromatic carbocycles. The zero-order valence-corrected chi connectivity index (χ0v) is 13.6. The van der Waals surface area contributed by atoms with E-state index in [2.05, 4.69) is 15.5 Å². The van der Waals surface area contributed by atoms with Crippen LogP contribution in [0.25, 0.3) is 11.6 Å². The van der Waals surface area contributed by atoms with E-state index in [9.17, 15) is 9.18 Å². The van der Waals surface area contributed by atoms with Crippen LogP contribution in [0.1, 0.15) is 0 Å². The fourth-order valence-corrected chi connectivity index (χ4v) is 2.69. The van der Waals surface area contributed by atoms with Crippen LogP contribution in [-0.4, -0.2) is 26.5 Å². The molecule has 2 heterocycles. The molecular formula is C14H11ClFN5O2S. The van der Waals surface area contributed by atoms with Gasteiger partial charge in [0.15, 0.2) is 5.76 Å². The molecule has 24 heavy (non-hydrogen) atoms. The van der Waals surface area contributed by atoms with E-state index >= 15 is 0 Å². The van der Waals surface area contributed by atoms with Crippen molar-refractivity contribution in [2.75, 3.05) is 16.9 Å². The number of nitrogens with two attached hydrogens (primary N) is 1. The van der Waals surface area contributed by atoms with Gasteiger partial charge in [-0.2, -0.15) is 0 Å². The Morgan fingerprint density at radius 1 is 1.42 bits per heavy atom. The highest BCUT2D eigenvalue weighted by Gasteiger charge is 2.16. The Balaban J connectivity index is 1.64. The first-order valence-electron chi connectivity index (χ1n) is 6.66. The van der Waals surface area contributed by atoms with Crippen molar-refractivity contribution in [2.45, 2.75) is 5.16 Å². The molecule has 0 spiro atoms. The van der Waals surface area contributed by atoms with Gasteiger partial charge in [-0.05, 0) is 30.3 Å². The molecule has 0 unspecified atom stereocenters. The van der Waals surface area contributed by atoms with Crippen LogP contribution >= 0.6 is 23.4 Å². The average Bonchev–Trinajstić information content (AvgIpc) is 3.18. The number of aromatic nitrogens is 3. The summed E-state index contributed by atoms with van der Waals surface area (Å²) in [5.74, 6) is 5.65. The third-order valence-electron chi connectivity index (χ3n) is 2.94. The summed E-state index contributed by atoms with van der Waals surface area (Å²) in [6, 6.07) is 7.30. The maximum atomic E-state index is 13.6. The molecule has 3 aromatic rings. The number of thioether (sulfide) groups is 1. The summed E-state index contributed by atoms with van der Waals surface area (Å²) in [6.45, 7) is 0. The largest absolute Gasteiger partial charge is 0.461 e. The highest BCUT2D eigenvalue weighted by Crippen LogP contribution is 2.23. The van der Waals surface area contributed by atoms with Gasteiger partial charge in [0, 0.05) is 5.02 Å². The van der Waals surface area contributed by atoms with Crippen molar-refractivity contribution in [1.29, 1.82) is 0 Å². The number of halogens is 2. The van der Waals surface area contributed by atoms with Crippen LogP contribution in [-0.2, 0) is 4.79 Å². The summed E-state index contributed by atoms with van der Waals surface area (Å²) in [5, 5.41) is 10.9. The monoisotopic (exact) mass is 367 g/mol. The number of carbonyl (C=O) groups is 1. The van der Waals surface area contributed by atoms with Crippen LogP contribution in [0.5, 0.6) is 0 Å². The number of furan rings is 1. The number of nitrogens with zero attached hydrogens (tertiary/aromatic N) is 3. The predicted octanol–water partition coefficient (Wildman–Crippen LogP) is 2.78. The lowest BCUT2D eigenvalue weighted by molar-refractivity contribution is -0.113. The van der Waals surface area contributed by atoms with E-state index in [4.69, 9.17) is 21.9 Å².